The Bertz CT molecular complexity index is 399. The smallest absolute Gasteiger partial charge is 0.300 e. The molecular weight excluding hydrogens is 241 g/mol. The SMILES string of the molecule is CC(=O)Cc1cc(C(F)(F)F)ccc1CCl. The van der Waals surface area contributed by atoms with Gasteiger partial charge in [0.05, 0.1) is 5.56 Å². The van der Waals surface area contributed by atoms with Crippen molar-refractivity contribution in [1.82, 2.24) is 0 Å². The van der Waals surface area contributed by atoms with E-state index in [2.05, 4.69) is 0 Å². The summed E-state index contributed by atoms with van der Waals surface area (Å²) in [6, 6.07) is 3.27. The zero-order valence-corrected chi connectivity index (χ0v) is 9.32. The first-order valence-corrected chi connectivity index (χ1v) is 5.12. The maximum Gasteiger partial charge on any atom is 0.416 e. The van der Waals surface area contributed by atoms with Crippen LogP contribution in [0.1, 0.15) is 23.6 Å². The molecule has 0 bridgehead atoms. The van der Waals surface area contributed by atoms with Gasteiger partial charge < -0.3 is 0 Å². The first-order chi connectivity index (χ1) is 7.34. The lowest BCUT2D eigenvalue weighted by atomic mass is 10.0. The maximum atomic E-state index is 12.4. The van der Waals surface area contributed by atoms with Crippen molar-refractivity contribution in [2.75, 3.05) is 0 Å². The van der Waals surface area contributed by atoms with Crippen molar-refractivity contribution in [3.05, 3.63) is 34.9 Å². The molecule has 0 fully saturated rings. The molecule has 5 heteroatoms. The normalized spacial score (nSPS) is 11.6. The fraction of sp³-hybridized carbons (Fsp3) is 0.364. The molecule has 16 heavy (non-hydrogen) atoms. The van der Waals surface area contributed by atoms with E-state index in [-0.39, 0.29) is 18.1 Å². The molecule has 1 aromatic carbocycles. The molecule has 88 valence electrons. The number of alkyl halides is 4. The van der Waals surface area contributed by atoms with E-state index in [1.165, 1.54) is 13.0 Å². The highest BCUT2D eigenvalue weighted by atomic mass is 35.5. The molecule has 0 N–H and O–H groups in total. The molecule has 0 heterocycles. The van der Waals surface area contributed by atoms with Crippen molar-refractivity contribution < 1.29 is 18.0 Å². The highest BCUT2D eigenvalue weighted by molar-refractivity contribution is 6.17. The zero-order chi connectivity index (χ0) is 12.3. The predicted octanol–water partition coefficient (Wildman–Crippen LogP) is 3.58. The van der Waals surface area contributed by atoms with Gasteiger partial charge >= 0.3 is 6.18 Å². The molecule has 0 saturated heterocycles. The summed E-state index contributed by atoms with van der Waals surface area (Å²) in [5, 5.41) is 0. The number of benzene rings is 1. The van der Waals surface area contributed by atoms with E-state index < -0.39 is 11.7 Å². The largest absolute Gasteiger partial charge is 0.416 e. The van der Waals surface area contributed by atoms with Crippen LogP contribution in [-0.4, -0.2) is 5.78 Å². The Kier molecular flexibility index (Phi) is 3.97. The van der Waals surface area contributed by atoms with Gasteiger partial charge in [-0.05, 0) is 30.2 Å². The molecule has 0 unspecified atom stereocenters. The van der Waals surface area contributed by atoms with Gasteiger partial charge in [-0.2, -0.15) is 13.2 Å². The summed E-state index contributed by atoms with van der Waals surface area (Å²) in [5.74, 6) is -0.0912. The number of hydrogen-bond donors (Lipinski definition) is 0. The summed E-state index contributed by atoms with van der Waals surface area (Å²) >= 11 is 5.59. The van der Waals surface area contributed by atoms with E-state index in [9.17, 15) is 18.0 Å². The molecule has 1 rings (SSSR count). The fourth-order valence-electron chi connectivity index (χ4n) is 1.37. The van der Waals surface area contributed by atoms with Crippen LogP contribution >= 0.6 is 11.6 Å². The second kappa shape index (κ2) is 4.87. The molecule has 0 atom stereocenters. The Labute approximate surface area is 96.2 Å². The van der Waals surface area contributed by atoms with Crippen molar-refractivity contribution in [2.45, 2.75) is 25.4 Å². The molecule has 1 nitrogen and oxygen atoms in total. The third kappa shape index (κ3) is 3.23. The van der Waals surface area contributed by atoms with Gasteiger partial charge in [-0.1, -0.05) is 6.07 Å². The summed E-state index contributed by atoms with van der Waals surface area (Å²) in [6.45, 7) is 1.33. The number of Topliss-reactive ketones (excluding diaryl/α,β-unsaturated/α-hetero) is 1. The highest BCUT2D eigenvalue weighted by Crippen LogP contribution is 2.31. The van der Waals surface area contributed by atoms with E-state index in [1.54, 1.807) is 0 Å². The molecular formula is C11H10ClF3O. The van der Waals surface area contributed by atoms with Crippen molar-refractivity contribution in [3.63, 3.8) is 0 Å². The predicted molar refractivity (Wildman–Crippen MR) is 55.4 cm³/mol. The average molecular weight is 251 g/mol. The zero-order valence-electron chi connectivity index (χ0n) is 8.57. The Morgan fingerprint density at radius 2 is 1.94 bits per heavy atom. The van der Waals surface area contributed by atoms with Crippen LogP contribution < -0.4 is 0 Å². The highest BCUT2D eigenvalue weighted by Gasteiger charge is 2.30. The Morgan fingerprint density at radius 1 is 1.31 bits per heavy atom. The van der Waals surface area contributed by atoms with Crippen molar-refractivity contribution in [3.8, 4) is 0 Å². The van der Waals surface area contributed by atoms with Gasteiger partial charge in [0.2, 0.25) is 0 Å². The number of carbonyl (C=O) groups is 1. The van der Waals surface area contributed by atoms with E-state index in [0.29, 0.717) is 11.1 Å². The number of ketones is 1. The van der Waals surface area contributed by atoms with Crippen molar-refractivity contribution in [1.29, 1.82) is 0 Å². The minimum absolute atomic E-state index is 0.0219. The lowest BCUT2D eigenvalue weighted by molar-refractivity contribution is -0.137. The van der Waals surface area contributed by atoms with Crippen LogP contribution in [0.25, 0.3) is 0 Å². The first-order valence-electron chi connectivity index (χ1n) is 4.59. The van der Waals surface area contributed by atoms with Crippen LogP contribution in [0.2, 0.25) is 0 Å². The standard InChI is InChI=1S/C11H10ClF3O/c1-7(16)4-9-5-10(11(13,14)15)3-2-8(9)6-12/h2-3,5H,4,6H2,1H3. The van der Waals surface area contributed by atoms with Crippen LogP contribution in [0, 0.1) is 0 Å². The Balaban J connectivity index is 3.16. The van der Waals surface area contributed by atoms with Gasteiger partial charge in [0.25, 0.3) is 0 Å². The lowest BCUT2D eigenvalue weighted by Gasteiger charge is -2.11. The third-order valence-corrected chi connectivity index (χ3v) is 2.40. The quantitative estimate of drug-likeness (QED) is 0.750. The van der Waals surface area contributed by atoms with E-state index >= 15 is 0 Å². The summed E-state index contributed by atoms with van der Waals surface area (Å²) in [4.78, 5) is 10.9. The van der Waals surface area contributed by atoms with Crippen LogP contribution in [0.15, 0.2) is 18.2 Å². The van der Waals surface area contributed by atoms with Gasteiger partial charge in [-0.25, -0.2) is 0 Å². The summed E-state index contributed by atoms with van der Waals surface area (Å²) in [7, 11) is 0. The minimum Gasteiger partial charge on any atom is -0.300 e. The second-order valence-electron chi connectivity index (χ2n) is 3.49. The molecule has 0 aliphatic carbocycles. The van der Waals surface area contributed by atoms with E-state index in [4.69, 9.17) is 11.6 Å². The van der Waals surface area contributed by atoms with Gasteiger partial charge in [0.1, 0.15) is 5.78 Å². The van der Waals surface area contributed by atoms with Crippen LogP contribution in [0.5, 0.6) is 0 Å². The number of halogens is 4. The third-order valence-electron chi connectivity index (χ3n) is 2.12. The summed E-state index contributed by atoms with van der Waals surface area (Å²) < 4.78 is 37.3. The maximum absolute atomic E-state index is 12.4. The van der Waals surface area contributed by atoms with Crippen molar-refractivity contribution in [2.24, 2.45) is 0 Å². The molecule has 0 aliphatic rings. The van der Waals surface area contributed by atoms with Crippen LogP contribution in [0.4, 0.5) is 13.2 Å². The topological polar surface area (TPSA) is 17.1 Å². The molecule has 0 saturated carbocycles. The molecule has 0 aliphatic heterocycles. The molecule has 0 amide bonds. The van der Waals surface area contributed by atoms with Gasteiger partial charge in [-0.3, -0.25) is 4.79 Å². The molecule has 0 radical (unpaired) electrons. The molecule has 0 aromatic heterocycles. The number of carbonyl (C=O) groups excluding carboxylic acids is 1. The van der Waals surface area contributed by atoms with Gasteiger partial charge in [0.15, 0.2) is 0 Å². The average Bonchev–Trinajstić information content (AvgIpc) is 2.15. The van der Waals surface area contributed by atoms with E-state index in [0.717, 1.165) is 12.1 Å². The Morgan fingerprint density at radius 3 is 2.38 bits per heavy atom. The summed E-state index contributed by atoms with van der Waals surface area (Å²) in [6.07, 6.45) is -4.41. The van der Waals surface area contributed by atoms with Gasteiger partial charge in [0, 0.05) is 12.3 Å². The number of hydrogen-bond acceptors (Lipinski definition) is 1. The second-order valence-corrected chi connectivity index (χ2v) is 3.76. The molecule has 1 aromatic rings. The van der Waals surface area contributed by atoms with Crippen LogP contribution in [0.3, 0.4) is 0 Å². The minimum atomic E-state index is -4.39. The lowest BCUT2D eigenvalue weighted by Crippen LogP contribution is -2.08. The van der Waals surface area contributed by atoms with Crippen molar-refractivity contribution >= 4 is 17.4 Å². The van der Waals surface area contributed by atoms with E-state index in [1.807, 2.05) is 0 Å². The number of rotatable bonds is 3. The van der Waals surface area contributed by atoms with Gasteiger partial charge in [-0.15, -0.1) is 11.6 Å². The van der Waals surface area contributed by atoms with Crippen LogP contribution in [-0.2, 0) is 23.3 Å². The molecule has 0 spiro atoms. The Hall–Kier alpha value is -1.03. The summed E-state index contributed by atoms with van der Waals surface area (Å²) in [5.41, 5.74) is 0.153. The fourth-order valence-corrected chi connectivity index (χ4v) is 1.63. The monoisotopic (exact) mass is 250 g/mol. The first kappa shape index (κ1) is 13.0.